The van der Waals surface area contributed by atoms with Gasteiger partial charge in [-0.15, -0.1) is 0 Å². The smallest absolute Gasteiger partial charge is 0.329 e. The van der Waals surface area contributed by atoms with Gasteiger partial charge in [0.2, 0.25) is 0 Å². The highest BCUT2D eigenvalue weighted by molar-refractivity contribution is 6.14. The molecule has 4 rings (SSSR count). The van der Waals surface area contributed by atoms with Crippen LogP contribution in [0.3, 0.4) is 0 Å². The summed E-state index contributed by atoms with van der Waals surface area (Å²) >= 11 is 0. The first-order valence-electron chi connectivity index (χ1n) is 10.1. The highest BCUT2D eigenvalue weighted by atomic mass is 16.5. The molecule has 1 saturated heterocycles. The van der Waals surface area contributed by atoms with E-state index in [0.717, 1.165) is 10.5 Å². The first kappa shape index (κ1) is 20.9. The van der Waals surface area contributed by atoms with Gasteiger partial charge >= 0.3 is 6.03 Å². The lowest BCUT2D eigenvalue weighted by Gasteiger charge is -2.11. The van der Waals surface area contributed by atoms with Crippen molar-refractivity contribution in [3.05, 3.63) is 102 Å². The van der Waals surface area contributed by atoms with Crippen molar-refractivity contribution >= 4 is 29.6 Å². The third-order valence-corrected chi connectivity index (χ3v) is 4.78. The Kier molecular flexibility index (Phi) is 6.27. The Morgan fingerprint density at radius 2 is 1.56 bits per heavy atom. The summed E-state index contributed by atoms with van der Waals surface area (Å²) in [4.78, 5) is 38.4. The molecular formula is C25H21N3O4. The Morgan fingerprint density at radius 1 is 0.906 bits per heavy atom. The zero-order valence-electron chi connectivity index (χ0n) is 17.2. The molecule has 4 amide bonds. The van der Waals surface area contributed by atoms with Crippen molar-refractivity contribution in [1.29, 1.82) is 0 Å². The van der Waals surface area contributed by atoms with Crippen molar-refractivity contribution < 1.29 is 19.1 Å². The van der Waals surface area contributed by atoms with E-state index in [1.165, 1.54) is 0 Å². The molecule has 0 saturated carbocycles. The highest BCUT2D eigenvalue weighted by Crippen LogP contribution is 2.23. The summed E-state index contributed by atoms with van der Waals surface area (Å²) in [6, 6.07) is 24.9. The maximum absolute atomic E-state index is 12.8. The number of nitrogens with zero attached hydrogens (tertiary/aromatic N) is 1. The van der Waals surface area contributed by atoms with Crippen molar-refractivity contribution in [2.45, 2.75) is 6.54 Å². The van der Waals surface area contributed by atoms with Crippen molar-refractivity contribution in [1.82, 2.24) is 10.2 Å². The number of rotatable bonds is 7. The fourth-order valence-electron chi connectivity index (χ4n) is 3.23. The van der Waals surface area contributed by atoms with Crippen LogP contribution in [0.25, 0.3) is 6.08 Å². The number of urea groups is 1. The Morgan fingerprint density at radius 3 is 2.31 bits per heavy atom. The van der Waals surface area contributed by atoms with Crippen LogP contribution in [0.1, 0.15) is 11.1 Å². The zero-order chi connectivity index (χ0) is 22.3. The van der Waals surface area contributed by atoms with Crippen LogP contribution in [0.15, 0.2) is 90.6 Å². The Hall–Kier alpha value is -4.39. The van der Waals surface area contributed by atoms with E-state index in [0.29, 0.717) is 17.0 Å². The fraction of sp³-hybridized carbons (Fsp3) is 0.0800. The number of carbonyl (C=O) groups is 3. The normalized spacial score (nSPS) is 14.4. The molecule has 1 aliphatic rings. The molecule has 2 N–H and O–H groups in total. The van der Waals surface area contributed by atoms with E-state index in [1.54, 1.807) is 42.5 Å². The second-order valence-electron chi connectivity index (χ2n) is 7.11. The third-order valence-electron chi connectivity index (χ3n) is 4.78. The van der Waals surface area contributed by atoms with Crippen LogP contribution in [-0.4, -0.2) is 29.4 Å². The topological polar surface area (TPSA) is 87.7 Å². The summed E-state index contributed by atoms with van der Waals surface area (Å²) < 4.78 is 5.67. The minimum atomic E-state index is -0.481. The maximum Gasteiger partial charge on any atom is 0.329 e. The molecule has 0 aliphatic carbocycles. The van der Waals surface area contributed by atoms with Crippen LogP contribution in [-0.2, 0) is 16.1 Å². The molecule has 32 heavy (non-hydrogen) atoms. The fourth-order valence-corrected chi connectivity index (χ4v) is 3.23. The zero-order valence-corrected chi connectivity index (χ0v) is 17.2. The number of carbonyl (C=O) groups excluding carboxylic acids is 3. The van der Waals surface area contributed by atoms with Crippen molar-refractivity contribution in [3.8, 4) is 5.75 Å². The summed E-state index contributed by atoms with van der Waals surface area (Å²) in [7, 11) is 0. The van der Waals surface area contributed by atoms with Crippen molar-refractivity contribution in [2.24, 2.45) is 0 Å². The number of hydrogen-bond acceptors (Lipinski definition) is 4. The summed E-state index contributed by atoms with van der Waals surface area (Å²) in [5.41, 5.74) is 2.25. The maximum atomic E-state index is 12.8. The van der Waals surface area contributed by atoms with Gasteiger partial charge in [0.25, 0.3) is 11.8 Å². The predicted molar refractivity (Wildman–Crippen MR) is 121 cm³/mol. The van der Waals surface area contributed by atoms with Gasteiger partial charge in [-0.3, -0.25) is 14.5 Å². The van der Waals surface area contributed by atoms with E-state index in [4.69, 9.17) is 4.74 Å². The van der Waals surface area contributed by atoms with E-state index in [-0.39, 0.29) is 24.8 Å². The van der Waals surface area contributed by atoms with E-state index >= 15 is 0 Å². The molecule has 7 nitrogen and oxygen atoms in total. The summed E-state index contributed by atoms with van der Waals surface area (Å²) in [6.45, 7) is -0.0177. The first-order chi connectivity index (χ1) is 15.6. The van der Waals surface area contributed by atoms with Gasteiger partial charge in [0.05, 0.1) is 6.54 Å². The van der Waals surface area contributed by atoms with Gasteiger partial charge in [0.15, 0.2) is 6.61 Å². The van der Waals surface area contributed by atoms with Crippen molar-refractivity contribution in [3.63, 3.8) is 0 Å². The van der Waals surface area contributed by atoms with Gasteiger partial charge in [-0.2, -0.15) is 0 Å². The molecule has 1 heterocycles. The van der Waals surface area contributed by atoms with Gasteiger partial charge in [0, 0.05) is 11.3 Å². The largest absolute Gasteiger partial charge is 0.483 e. The standard InChI is InChI=1S/C25H21N3O4/c29-23(26-20-12-5-2-6-13-20)17-32-22-14-8-7-11-19(22)15-21-24(30)28(25(31)27-21)16-18-9-3-1-4-10-18/h1-15H,16-17H2,(H,26,29)(H,27,31)/b21-15+. The minimum absolute atomic E-state index is 0.149. The van der Waals surface area contributed by atoms with Crippen LogP contribution in [0.5, 0.6) is 5.75 Å². The lowest BCUT2D eigenvalue weighted by atomic mass is 10.1. The van der Waals surface area contributed by atoms with E-state index in [2.05, 4.69) is 10.6 Å². The van der Waals surface area contributed by atoms with Gasteiger partial charge in [-0.1, -0.05) is 66.7 Å². The van der Waals surface area contributed by atoms with Crippen LogP contribution in [0.2, 0.25) is 0 Å². The lowest BCUT2D eigenvalue weighted by Crippen LogP contribution is -2.30. The summed E-state index contributed by atoms with van der Waals surface area (Å²) in [6.07, 6.45) is 1.55. The molecule has 0 bridgehead atoms. The molecule has 3 aromatic rings. The number of ether oxygens (including phenoxy) is 1. The third kappa shape index (κ3) is 5.02. The van der Waals surface area contributed by atoms with Crippen molar-refractivity contribution in [2.75, 3.05) is 11.9 Å². The van der Waals surface area contributed by atoms with Crippen LogP contribution >= 0.6 is 0 Å². The Labute approximate surface area is 185 Å². The number of benzene rings is 3. The number of amides is 4. The molecule has 160 valence electrons. The number of imide groups is 1. The molecule has 0 radical (unpaired) electrons. The van der Waals surface area contributed by atoms with Gasteiger partial charge in [0.1, 0.15) is 11.4 Å². The number of anilines is 1. The molecule has 0 spiro atoms. The molecule has 0 unspecified atom stereocenters. The molecule has 1 fully saturated rings. The monoisotopic (exact) mass is 427 g/mol. The van der Waals surface area contributed by atoms with E-state index < -0.39 is 11.9 Å². The van der Waals surface area contributed by atoms with Gasteiger partial charge in [-0.25, -0.2) is 4.79 Å². The molecular weight excluding hydrogens is 406 g/mol. The first-order valence-corrected chi connectivity index (χ1v) is 10.1. The number of nitrogens with one attached hydrogen (secondary N) is 2. The summed E-state index contributed by atoms with van der Waals surface area (Å²) in [5.74, 6) is -0.305. The van der Waals surface area contributed by atoms with Crippen LogP contribution in [0, 0.1) is 0 Å². The number of hydrogen-bond donors (Lipinski definition) is 2. The lowest BCUT2D eigenvalue weighted by molar-refractivity contribution is -0.123. The quantitative estimate of drug-likeness (QED) is 0.444. The van der Waals surface area contributed by atoms with Crippen LogP contribution < -0.4 is 15.4 Å². The van der Waals surface area contributed by atoms with E-state index in [9.17, 15) is 14.4 Å². The summed E-state index contributed by atoms with van der Waals surface area (Å²) in [5, 5.41) is 5.36. The Balaban J connectivity index is 1.44. The molecule has 3 aromatic carbocycles. The van der Waals surface area contributed by atoms with E-state index in [1.807, 2.05) is 48.5 Å². The molecule has 0 aromatic heterocycles. The number of para-hydroxylation sites is 2. The Bertz CT molecular complexity index is 1160. The van der Waals surface area contributed by atoms with Crippen LogP contribution in [0.4, 0.5) is 10.5 Å². The van der Waals surface area contributed by atoms with Gasteiger partial charge in [-0.05, 0) is 29.8 Å². The van der Waals surface area contributed by atoms with Gasteiger partial charge < -0.3 is 15.4 Å². The second-order valence-corrected chi connectivity index (χ2v) is 7.11. The molecule has 1 aliphatic heterocycles. The predicted octanol–water partition coefficient (Wildman–Crippen LogP) is 3.80. The SMILES string of the molecule is O=C(COc1ccccc1/C=C1/NC(=O)N(Cc2ccccc2)C1=O)Nc1ccccc1. The average molecular weight is 427 g/mol. The second kappa shape index (κ2) is 9.61. The average Bonchev–Trinajstić information content (AvgIpc) is 3.07. The highest BCUT2D eigenvalue weighted by Gasteiger charge is 2.33. The molecule has 0 atom stereocenters. The minimum Gasteiger partial charge on any atom is -0.483 e. The molecule has 7 heteroatoms.